The first-order valence-corrected chi connectivity index (χ1v) is 7.90. The second-order valence-corrected chi connectivity index (χ2v) is 5.19. The highest BCUT2D eigenvalue weighted by Crippen LogP contribution is 2.28. The Kier molecular flexibility index (Phi) is 6.46. The molecule has 0 saturated heterocycles. The van der Waals surface area contributed by atoms with Gasteiger partial charge in [0.05, 0.1) is 12.5 Å². The van der Waals surface area contributed by atoms with E-state index in [1.807, 2.05) is 60.7 Å². The number of nitrogens with two attached hydrogens (primary N) is 1. The molecule has 2 aromatic rings. The highest BCUT2D eigenvalue weighted by molar-refractivity contribution is 6.20. The number of hydrogen-bond acceptors (Lipinski definition) is 4. The van der Waals surface area contributed by atoms with Crippen molar-refractivity contribution in [3.8, 4) is 0 Å². The fraction of sp³-hybridized carbons (Fsp3) is 0.200. The van der Waals surface area contributed by atoms with Crippen LogP contribution in [0, 0.1) is 0 Å². The molecule has 2 N–H and O–H groups in total. The summed E-state index contributed by atoms with van der Waals surface area (Å²) in [7, 11) is 0. The minimum absolute atomic E-state index is 0.00273. The van der Waals surface area contributed by atoms with Crippen LogP contribution in [-0.4, -0.2) is 24.9 Å². The van der Waals surface area contributed by atoms with Crippen molar-refractivity contribution in [3.63, 3.8) is 0 Å². The van der Waals surface area contributed by atoms with Crippen molar-refractivity contribution in [2.75, 3.05) is 13.2 Å². The summed E-state index contributed by atoms with van der Waals surface area (Å²) in [6, 6.07) is 18.8. The zero-order chi connectivity index (χ0) is 17.4. The number of rotatable bonds is 7. The molecule has 4 nitrogen and oxygen atoms in total. The van der Waals surface area contributed by atoms with Crippen LogP contribution in [0.4, 0.5) is 0 Å². The molecule has 0 aliphatic heterocycles. The molecule has 0 unspecified atom stereocenters. The second kappa shape index (κ2) is 8.79. The fourth-order valence-electron chi connectivity index (χ4n) is 2.55. The maximum atomic E-state index is 13.1. The molecule has 0 amide bonds. The summed E-state index contributed by atoms with van der Waals surface area (Å²) < 4.78 is 5.02. The minimum Gasteiger partial charge on any atom is -0.462 e. The lowest BCUT2D eigenvalue weighted by Gasteiger charge is -2.18. The van der Waals surface area contributed by atoms with Gasteiger partial charge in [0.25, 0.3) is 0 Å². The van der Waals surface area contributed by atoms with Gasteiger partial charge in [-0.3, -0.25) is 4.79 Å². The molecule has 0 atom stereocenters. The Labute approximate surface area is 141 Å². The van der Waals surface area contributed by atoms with Gasteiger partial charge >= 0.3 is 5.97 Å². The Balaban J connectivity index is 2.48. The molecule has 4 heteroatoms. The van der Waals surface area contributed by atoms with E-state index in [0.717, 1.165) is 11.1 Å². The lowest BCUT2D eigenvalue weighted by atomic mass is 9.84. The van der Waals surface area contributed by atoms with Crippen LogP contribution in [0.25, 0.3) is 0 Å². The van der Waals surface area contributed by atoms with E-state index in [1.54, 1.807) is 6.92 Å². The summed E-state index contributed by atoms with van der Waals surface area (Å²) in [5, 5.41) is 0. The molecule has 0 aliphatic carbocycles. The lowest BCUT2D eigenvalue weighted by molar-refractivity contribution is -0.140. The van der Waals surface area contributed by atoms with Crippen molar-refractivity contribution in [2.24, 2.45) is 5.73 Å². The molecule has 0 radical (unpaired) electrons. The van der Waals surface area contributed by atoms with Crippen LogP contribution in [0.2, 0.25) is 0 Å². The first kappa shape index (κ1) is 17.6. The Bertz CT molecular complexity index is 669. The van der Waals surface area contributed by atoms with Gasteiger partial charge < -0.3 is 10.5 Å². The third kappa shape index (κ3) is 4.18. The first-order chi connectivity index (χ1) is 11.7. The number of esters is 1. The van der Waals surface area contributed by atoms with Crippen molar-refractivity contribution in [1.29, 1.82) is 0 Å². The summed E-state index contributed by atoms with van der Waals surface area (Å²) >= 11 is 0. The molecule has 0 bridgehead atoms. The molecule has 0 aliphatic rings. The van der Waals surface area contributed by atoms with E-state index in [-0.39, 0.29) is 24.5 Å². The lowest BCUT2D eigenvalue weighted by Crippen LogP contribution is -2.23. The average Bonchev–Trinajstić information content (AvgIpc) is 2.62. The molecule has 0 spiro atoms. The first-order valence-electron chi connectivity index (χ1n) is 7.90. The predicted octanol–water partition coefficient (Wildman–Crippen LogP) is 2.84. The molecule has 0 aromatic heterocycles. The van der Waals surface area contributed by atoms with Crippen molar-refractivity contribution < 1.29 is 14.3 Å². The largest absolute Gasteiger partial charge is 0.462 e. The Morgan fingerprint density at radius 1 is 1.00 bits per heavy atom. The van der Waals surface area contributed by atoms with Gasteiger partial charge in [0.1, 0.15) is 5.57 Å². The van der Waals surface area contributed by atoms with Crippen LogP contribution < -0.4 is 5.73 Å². The zero-order valence-electron chi connectivity index (χ0n) is 13.6. The van der Waals surface area contributed by atoms with Crippen molar-refractivity contribution >= 4 is 11.8 Å². The highest BCUT2D eigenvalue weighted by Gasteiger charge is 2.29. The molecular weight excluding hydrogens is 302 g/mol. The molecule has 0 saturated carbocycles. The number of ketones is 1. The summed E-state index contributed by atoms with van der Waals surface area (Å²) in [6.45, 7) is 2.00. The Hall–Kier alpha value is -2.72. The number of benzene rings is 2. The number of Topliss-reactive ketones (excluding diaryl/α,β-unsaturated/α-hetero) is 1. The monoisotopic (exact) mass is 323 g/mol. The van der Waals surface area contributed by atoms with Crippen LogP contribution in [0.15, 0.2) is 72.3 Å². The Morgan fingerprint density at radius 3 is 1.92 bits per heavy atom. The van der Waals surface area contributed by atoms with Crippen molar-refractivity contribution in [3.05, 3.63) is 83.4 Å². The van der Waals surface area contributed by atoms with E-state index < -0.39 is 11.9 Å². The maximum absolute atomic E-state index is 13.1. The summed E-state index contributed by atoms with van der Waals surface area (Å²) in [5.41, 5.74) is 7.18. The zero-order valence-corrected chi connectivity index (χ0v) is 13.6. The standard InChI is InChI=1S/C20H21NO3/c1-2-24-20(23)17(13-14-21)19(22)18(15-9-5-3-6-10-15)16-11-7-4-8-12-16/h3-13,18H,2,14,21H2,1H3/b17-13-. The molecule has 0 fully saturated rings. The van der Waals surface area contributed by atoms with E-state index in [4.69, 9.17) is 10.5 Å². The molecule has 0 heterocycles. The van der Waals surface area contributed by atoms with Gasteiger partial charge in [-0.25, -0.2) is 4.79 Å². The SMILES string of the molecule is CCOC(=O)/C(=C\CN)C(=O)C(c1ccccc1)c1ccccc1. The van der Waals surface area contributed by atoms with E-state index >= 15 is 0 Å². The molecule has 124 valence electrons. The molecular formula is C20H21NO3. The number of carbonyl (C=O) groups excluding carboxylic acids is 2. The molecule has 2 aromatic carbocycles. The summed E-state index contributed by atoms with van der Waals surface area (Å²) in [4.78, 5) is 25.3. The second-order valence-electron chi connectivity index (χ2n) is 5.19. The van der Waals surface area contributed by atoms with E-state index in [9.17, 15) is 9.59 Å². The van der Waals surface area contributed by atoms with Crippen molar-refractivity contribution in [2.45, 2.75) is 12.8 Å². The fourth-order valence-corrected chi connectivity index (χ4v) is 2.55. The minimum atomic E-state index is -0.634. The van der Waals surface area contributed by atoms with E-state index in [2.05, 4.69) is 0 Å². The molecule has 24 heavy (non-hydrogen) atoms. The average molecular weight is 323 g/mol. The van der Waals surface area contributed by atoms with Gasteiger partial charge in [0, 0.05) is 6.54 Å². The topological polar surface area (TPSA) is 69.4 Å². The predicted molar refractivity (Wildman–Crippen MR) is 93.5 cm³/mol. The van der Waals surface area contributed by atoms with Crippen LogP contribution in [-0.2, 0) is 14.3 Å². The van der Waals surface area contributed by atoms with Gasteiger partial charge in [-0.2, -0.15) is 0 Å². The van der Waals surface area contributed by atoms with Crippen LogP contribution >= 0.6 is 0 Å². The normalized spacial score (nSPS) is 11.4. The highest BCUT2D eigenvalue weighted by atomic mass is 16.5. The third-order valence-electron chi connectivity index (χ3n) is 3.61. The Morgan fingerprint density at radius 2 is 1.50 bits per heavy atom. The van der Waals surface area contributed by atoms with Gasteiger partial charge in [-0.1, -0.05) is 66.7 Å². The summed E-state index contributed by atoms with van der Waals surface area (Å²) in [6.07, 6.45) is 1.43. The molecule has 2 rings (SSSR count). The van der Waals surface area contributed by atoms with E-state index in [0.29, 0.717) is 0 Å². The van der Waals surface area contributed by atoms with Gasteiger partial charge in [0.15, 0.2) is 5.78 Å². The van der Waals surface area contributed by atoms with Gasteiger partial charge in [-0.15, -0.1) is 0 Å². The smallest absolute Gasteiger partial charge is 0.341 e. The third-order valence-corrected chi connectivity index (χ3v) is 3.61. The quantitative estimate of drug-likeness (QED) is 0.368. The van der Waals surface area contributed by atoms with Crippen LogP contribution in [0.5, 0.6) is 0 Å². The van der Waals surface area contributed by atoms with Gasteiger partial charge in [0.2, 0.25) is 0 Å². The summed E-state index contributed by atoms with van der Waals surface area (Å²) in [5.74, 6) is -1.52. The number of carbonyl (C=O) groups is 2. The van der Waals surface area contributed by atoms with Crippen LogP contribution in [0.3, 0.4) is 0 Å². The number of ether oxygens (including phenoxy) is 1. The van der Waals surface area contributed by atoms with E-state index in [1.165, 1.54) is 6.08 Å². The maximum Gasteiger partial charge on any atom is 0.341 e. The van der Waals surface area contributed by atoms with Crippen molar-refractivity contribution in [1.82, 2.24) is 0 Å². The number of hydrogen-bond donors (Lipinski definition) is 1. The van der Waals surface area contributed by atoms with Gasteiger partial charge in [-0.05, 0) is 18.1 Å². The van der Waals surface area contributed by atoms with Crippen LogP contribution in [0.1, 0.15) is 24.0 Å².